The highest BCUT2D eigenvalue weighted by atomic mass is 35.5. The smallest absolute Gasteiger partial charge is 0.346 e. The minimum Gasteiger partial charge on any atom is -0.507 e. The van der Waals surface area contributed by atoms with E-state index < -0.39 is 17.5 Å². The van der Waals surface area contributed by atoms with Crippen molar-refractivity contribution in [1.29, 1.82) is 0 Å². The SMILES string of the molecule is CC[C@]1(c2ccccc2)NC(=O)N(/N=C/c2cc(Cl)ccc2O)C1=O. The molecule has 0 aliphatic carbocycles. The second kappa shape index (κ2) is 6.57. The van der Waals surface area contributed by atoms with Crippen molar-refractivity contribution in [3.63, 3.8) is 0 Å². The number of amides is 3. The number of phenols is 1. The van der Waals surface area contributed by atoms with E-state index in [1.165, 1.54) is 24.4 Å². The number of carbonyl (C=O) groups is 2. The number of halogens is 1. The van der Waals surface area contributed by atoms with Gasteiger partial charge in [-0.2, -0.15) is 5.10 Å². The molecule has 2 aromatic rings. The minimum atomic E-state index is -1.15. The molecule has 1 fully saturated rings. The second-order valence-electron chi connectivity index (χ2n) is 5.62. The van der Waals surface area contributed by atoms with Crippen LogP contribution in [0.3, 0.4) is 0 Å². The van der Waals surface area contributed by atoms with Gasteiger partial charge in [0.05, 0.1) is 6.21 Å². The lowest BCUT2D eigenvalue weighted by atomic mass is 9.87. The van der Waals surface area contributed by atoms with E-state index in [1.54, 1.807) is 12.1 Å². The molecular weight excluding hydrogens is 342 g/mol. The van der Waals surface area contributed by atoms with E-state index in [2.05, 4.69) is 10.4 Å². The molecule has 3 amide bonds. The van der Waals surface area contributed by atoms with Crippen LogP contribution in [-0.2, 0) is 10.3 Å². The van der Waals surface area contributed by atoms with E-state index in [1.807, 2.05) is 25.1 Å². The van der Waals surface area contributed by atoms with Crippen molar-refractivity contribution in [2.24, 2.45) is 5.10 Å². The highest BCUT2D eigenvalue weighted by Crippen LogP contribution is 2.32. The summed E-state index contributed by atoms with van der Waals surface area (Å²) >= 11 is 5.88. The average Bonchev–Trinajstić information content (AvgIpc) is 2.87. The quantitative estimate of drug-likeness (QED) is 0.651. The molecule has 0 aromatic heterocycles. The zero-order valence-corrected chi connectivity index (χ0v) is 14.2. The Kier molecular flexibility index (Phi) is 4.46. The monoisotopic (exact) mass is 357 g/mol. The number of imide groups is 1. The molecule has 2 aromatic carbocycles. The van der Waals surface area contributed by atoms with E-state index in [0.717, 1.165) is 5.01 Å². The number of hydrazone groups is 1. The largest absolute Gasteiger partial charge is 0.507 e. The average molecular weight is 358 g/mol. The lowest BCUT2D eigenvalue weighted by molar-refractivity contribution is -0.131. The molecule has 0 unspecified atom stereocenters. The standard InChI is InChI=1S/C18H16ClN3O3/c1-2-18(13-6-4-3-5-7-13)16(24)22(17(25)21-18)20-11-12-10-14(19)8-9-15(12)23/h3-11,23H,2H2,1H3,(H,21,25)/b20-11+/t18-/m1/s1. The highest BCUT2D eigenvalue weighted by molar-refractivity contribution is 6.30. The number of urea groups is 1. The van der Waals surface area contributed by atoms with Crippen LogP contribution in [0.1, 0.15) is 24.5 Å². The maximum Gasteiger partial charge on any atom is 0.346 e. The van der Waals surface area contributed by atoms with Crippen LogP contribution < -0.4 is 5.32 Å². The van der Waals surface area contributed by atoms with Gasteiger partial charge in [-0.05, 0) is 30.2 Å². The molecule has 0 radical (unpaired) electrons. The van der Waals surface area contributed by atoms with Crippen LogP contribution in [0.4, 0.5) is 4.79 Å². The molecule has 1 atom stereocenters. The van der Waals surface area contributed by atoms with Crippen LogP contribution in [0, 0.1) is 0 Å². The summed E-state index contributed by atoms with van der Waals surface area (Å²) in [6.07, 6.45) is 1.62. The van der Waals surface area contributed by atoms with Gasteiger partial charge in [-0.3, -0.25) is 4.79 Å². The van der Waals surface area contributed by atoms with Gasteiger partial charge in [-0.1, -0.05) is 48.9 Å². The van der Waals surface area contributed by atoms with Gasteiger partial charge in [0.25, 0.3) is 5.91 Å². The van der Waals surface area contributed by atoms with E-state index in [9.17, 15) is 14.7 Å². The summed E-state index contributed by atoms with van der Waals surface area (Å²) in [5, 5.41) is 17.7. The molecular formula is C18H16ClN3O3. The molecule has 7 heteroatoms. The first-order valence-corrected chi connectivity index (χ1v) is 8.10. The summed E-state index contributed by atoms with van der Waals surface area (Å²) in [6, 6.07) is 12.8. The van der Waals surface area contributed by atoms with Crippen molar-refractivity contribution in [3.8, 4) is 5.75 Å². The lowest BCUT2D eigenvalue weighted by Crippen LogP contribution is -2.43. The Bertz CT molecular complexity index is 854. The van der Waals surface area contributed by atoms with E-state index in [0.29, 0.717) is 22.6 Å². The molecule has 1 aliphatic heterocycles. The Balaban J connectivity index is 1.94. The number of nitrogens with zero attached hydrogens (tertiary/aromatic N) is 2. The Hall–Kier alpha value is -2.86. The van der Waals surface area contributed by atoms with Gasteiger partial charge in [-0.25, -0.2) is 4.79 Å². The molecule has 1 heterocycles. The summed E-state index contributed by atoms with van der Waals surface area (Å²) in [6.45, 7) is 1.82. The Labute approximate surface area is 149 Å². The number of phenolic OH excluding ortho intramolecular Hbond substituents is 1. The van der Waals surface area contributed by atoms with Crippen LogP contribution in [0.2, 0.25) is 5.02 Å². The molecule has 1 saturated heterocycles. The first-order valence-electron chi connectivity index (χ1n) is 7.72. The first-order chi connectivity index (χ1) is 12.0. The van der Waals surface area contributed by atoms with E-state index in [-0.39, 0.29) is 5.75 Å². The summed E-state index contributed by atoms with van der Waals surface area (Å²) in [7, 11) is 0. The molecule has 0 spiro atoms. The van der Waals surface area contributed by atoms with Gasteiger partial charge < -0.3 is 10.4 Å². The predicted octanol–water partition coefficient (Wildman–Crippen LogP) is 3.24. The number of benzene rings is 2. The third-order valence-electron chi connectivity index (χ3n) is 4.17. The van der Waals surface area contributed by atoms with Gasteiger partial charge >= 0.3 is 6.03 Å². The van der Waals surface area contributed by atoms with Crippen LogP contribution in [0.5, 0.6) is 5.75 Å². The van der Waals surface area contributed by atoms with Crippen LogP contribution in [0.15, 0.2) is 53.6 Å². The fourth-order valence-electron chi connectivity index (χ4n) is 2.78. The van der Waals surface area contributed by atoms with Crippen LogP contribution in [-0.4, -0.2) is 28.3 Å². The normalized spacial score (nSPS) is 20.3. The second-order valence-corrected chi connectivity index (χ2v) is 6.06. The Morgan fingerprint density at radius 2 is 1.96 bits per heavy atom. The molecule has 25 heavy (non-hydrogen) atoms. The zero-order valence-electron chi connectivity index (χ0n) is 13.4. The Morgan fingerprint density at radius 3 is 2.64 bits per heavy atom. The molecule has 2 N–H and O–H groups in total. The number of aromatic hydroxyl groups is 1. The molecule has 128 valence electrons. The fraction of sp³-hybridized carbons (Fsp3) is 0.167. The van der Waals surface area contributed by atoms with Gasteiger partial charge in [0.2, 0.25) is 0 Å². The van der Waals surface area contributed by atoms with Gasteiger partial charge in [-0.15, -0.1) is 5.01 Å². The first kappa shape index (κ1) is 17.0. The van der Waals surface area contributed by atoms with Gasteiger partial charge in [0.1, 0.15) is 11.3 Å². The number of carbonyl (C=O) groups excluding carboxylic acids is 2. The number of nitrogens with one attached hydrogen (secondary N) is 1. The third-order valence-corrected chi connectivity index (χ3v) is 4.40. The van der Waals surface area contributed by atoms with Crippen molar-refractivity contribution < 1.29 is 14.7 Å². The predicted molar refractivity (Wildman–Crippen MR) is 94.5 cm³/mol. The van der Waals surface area contributed by atoms with Crippen molar-refractivity contribution >= 4 is 29.8 Å². The van der Waals surface area contributed by atoms with Crippen molar-refractivity contribution in [1.82, 2.24) is 10.3 Å². The number of rotatable bonds is 4. The maximum absolute atomic E-state index is 12.9. The summed E-state index contributed by atoms with van der Waals surface area (Å²) < 4.78 is 0. The van der Waals surface area contributed by atoms with Crippen LogP contribution in [0.25, 0.3) is 0 Å². The topological polar surface area (TPSA) is 82.0 Å². The summed E-state index contributed by atoms with van der Waals surface area (Å²) in [4.78, 5) is 25.2. The Morgan fingerprint density at radius 1 is 1.24 bits per heavy atom. The fourth-order valence-corrected chi connectivity index (χ4v) is 2.96. The van der Waals surface area contributed by atoms with E-state index >= 15 is 0 Å². The summed E-state index contributed by atoms with van der Waals surface area (Å²) in [5.41, 5.74) is -0.146. The van der Waals surface area contributed by atoms with Crippen molar-refractivity contribution in [2.75, 3.05) is 0 Å². The summed E-state index contributed by atoms with van der Waals surface area (Å²) in [5.74, 6) is -0.519. The van der Waals surface area contributed by atoms with Crippen LogP contribution >= 0.6 is 11.6 Å². The molecule has 6 nitrogen and oxygen atoms in total. The van der Waals surface area contributed by atoms with Crippen molar-refractivity contribution in [2.45, 2.75) is 18.9 Å². The maximum atomic E-state index is 12.9. The molecule has 0 saturated carbocycles. The molecule has 3 rings (SSSR count). The number of hydrogen-bond donors (Lipinski definition) is 2. The van der Waals surface area contributed by atoms with Gasteiger partial charge in [0, 0.05) is 10.6 Å². The van der Waals surface area contributed by atoms with E-state index in [4.69, 9.17) is 11.6 Å². The van der Waals surface area contributed by atoms with Gasteiger partial charge in [0.15, 0.2) is 0 Å². The highest BCUT2D eigenvalue weighted by Gasteiger charge is 2.51. The molecule has 0 bridgehead atoms. The third kappa shape index (κ3) is 2.96. The molecule has 1 aliphatic rings. The zero-order chi connectivity index (χ0) is 18.0. The van der Waals surface area contributed by atoms with Crippen molar-refractivity contribution in [3.05, 3.63) is 64.7 Å². The lowest BCUT2D eigenvalue weighted by Gasteiger charge is -2.24. The minimum absolute atomic E-state index is 0.0509. The number of hydrogen-bond acceptors (Lipinski definition) is 4.